The lowest BCUT2D eigenvalue weighted by Gasteiger charge is -2.28. The highest BCUT2D eigenvalue weighted by Gasteiger charge is 2.45. The number of piperazine rings is 1. The first-order valence-electron chi connectivity index (χ1n) is 11.1. The first kappa shape index (κ1) is 24.5. The van der Waals surface area contributed by atoms with Crippen LogP contribution < -0.4 is 20.7 Å². The molecule has 1 atom stereocenters. The topological polar surface area (TPSA) is 115 Å². The zero-order valence-corrected chi connectivity index (χ0v) is 19.2. The molecule has 4 rings (SSSR count). The molecule has 188 valence electrons. The maximum absolute atomic E-state index is 13.4. The second-order valence-corrected chi connectivity index (χ2v) is 8.17. The van der Waals surface area contributed by atoms with Crippen molar-refractivity contribution in [2.45, 2.75) is 38.5 Å². The number of ether oxygens (including phenoxy) is 1. The van der Waals surface area contributed by atoms with Crippen LogP contribution in [0.2, 0.25) is 0 Å². The second-order valence-electron chi connectivity index (χ2n) is 8.17. The van der Waals surface area contributed by atoms with E-state index in [9.17, 15) is 27.6 Å². The molecule has 2 aliphatic heterocycles. The molecule has 2 aliphatic rings. The smallest absolute Gasteiger partial charge is 0.385 e. The lowest BCUT2D eigenvalue weighted by molar-refractivity contribution is -0.202. The van der Waals surface area contributed by atoms with E-state index in [2.05, 4.69) is 31.9 Å². The van der Waals surface area contributed by atoms with Gasteiger partial charge >= 0.3 is 18.1 Å². The average Bonchev–Trinajstić information content (AvgIpc) is 3.45. The number of rotatable bonds is 4. The fourth-order valence-electron chi connectivity index (χ4n) is 4.28. The quantitative estimate of drug-likeness (QED) is 0.360. The van der Waals surface area contributed by atoms with E-state index in [4.69, 9.17) is 0 Å². The van der Waals surface area contributed by atoms with Gasteiger partial charge in [-0.05, 0) is 19.8 Å². The zero-order valence-electron chi connectivity index (χ0n) is 19.2. The van der Waals surface area contributed by atoms with Crippen molar-refractivity contribution in [3.05, 3.63) is 10.4 Å². The molecule has 2 aromatic heterocycles. The molecule has 0 spiro atoms. The van der Waals surface area contributed by atoms with E-state index in [0.29, 0.717) is 25.5 Å². The highest BCUT2D eigenvalue weighted by molar-refractivity contribution is 5.92. The van der Waals surface area contributed by atoms with Crippen LogP contribution in [0.3, 0.4) is 0 Å². The number of anilines is 2. The van der Waals surface area contributed by atoms with Gasteiger partial charge in [0.25, 0.3) is 5.56 Å². The summed E-state index contributed by atoms with van der Waals surface area (Å²) < 4.78 is 44.7. The summed E-state index contributed by atoms with van der Waals surface area (Å²) in [5, 5.41) is 3.25. The summed E-state index contributed by atoms with van der Waals surface area (Å²) in [6.45, 7) is 4.97. The van der Waals surface area contributed by atoms with Gasteiger partial charge in [-0.3, -0.25) is 13.9 Å². The van der Waals surface area contributed by atoms with Gasteiger partial charge in [0.2, 0.25) is 11.9 Å². The standard InChI is InChI=1S/C21H24F3N7O4/c1-3-4-9-31-14-15(27-20(31)29-11-7-25-8-12-29)26-19(28(2)16(14)32)30-10-5-6-13(30)17(33)35-18(34)21(22,23)24/h13,25H,5-12H2,1-2H3/t13-/m0/s1. The highest BCUT2D eigenvalue weighted by atomic mass is 19.4. The third-order valence-corrected chi connectivity index (χ3v) is 5.96. The summed E-state index contributed by atoms with van der Waals surface area (Å²) in [6.07, 6.45) is -4.72. The monoisotopic (exact) mass is 495 g/mol. The normalized spacial score (nSPS) is 18.5. The van der Waals surface area contributed by atoms with Gasteiger partial charge < -0.3 is 19.9 Å². The van der Waals surface area contributed by atoms with Crippen LogP contribution >= 0.6 is 0 Å². The summed E-state index contributed by atoms with van der Waals surface area (Å²) in [5.41, 5.74) is -0.0693. The van der Waals surface area contributed by atoms with Gasteiger partial charge in [-0.25, -0.2) is 9.59 Å². The lowest BCUT2D eigenvalue weighted by atomic mass is 10.2. The molecule has 35 heavy (non-hydrogen) atoms. The number of nitrogens with zero attached hydrogens (tertiary/aromatic N) is 6. The lowest BCUT2D eigenvalue weighted by Crippen LogP contribution is -2.44. The number of halogens is 3. The molecule has 0 aliphatic carbocycles. The van der Waals surface area contributed by atoms with E-state index < -0.39 is 29.7 Å². The maximum atomic E-state index is 13.4. The molecule has 1 N–H and O–H groups in total. The van der Waals surface area contributed by atoms with E-state index in [0.717, 1.165) is 13.1 Å². The van der Waals surface area contributed by atoms with Gasteiger partial charge in [0.15, 0.2) is 11.2 Å². The molecule has 0 unspecified atom stereocenters. The number of fused-ring (bicyclic) bond motifs is 1. The van der Waals surface area contributed by atoms with Crippen molar-refractivity contribution in [1.29, 1.82) is 0 Å². The number of imidazole rings is 1. The van der Waals surface area contributed by atoms with Crippen molar-refractivity contribution >= 4 is 35.0 Å². The molecule has 0 radical (unpaired) electrons. The minimum absolute atomic E-state index is 0.0551. The fraction of sp³-hybridized carbons (Fsp3) is 0.571. The van der Waals surface area contributed by atoms with E-state index in [1.54, 1.807) is 11.5 Å². The maximum Gasteiger partial charge on any atom is 0.491 e. The van der Waals surface area contributed by atoms with Crippen LogP contribution in [0.25, 0.3) is 11.2 Å². The van der Waals surface area contributed by atoms with Crippen LogP contribution in [0.15, 0.2) is 4.79 Å². The van der Waals surface area contributed by atoms with E-state index in [1.165, 1.54) is 16.5 Å². The molecule has 0 aromatic carbocycles. The van der Waals surface area contributed by atoms with Gasteiger partial charge in [-0.2, -0.15) is 23.1 Å². The largest absolute Gasteiger partial charge is 0.491 e. The summed E-state index contributed by atoms with van der Waals surface area (Å²) in [6, 6.07) is -1.20. The zero-order chi connectivity index (χ0) is 25.3. The van der Waals surface area contributed by atoms with Crippen LogP contribution in [-0.4, -0.2) is 76.0 Å². The number of aromatic nitrogens is 4. The van der Waals surface area contributed by atoms with Gasteiger partial charge in [0, 0.05) is 39.8 Å². The molecule has 0 amide bonds. The Labute approximate surface area is 197 Å². The Morgan fingerprint density at radius 1 is 1.17 bits per heavy atom. The van der Waals surface area contributed by atoms with Crippen molar-refractivity contribution in [3.63, 3.8) is 0 Å². The Balaban J connectivity index is 1.75. The Morgan fingerprint density at radius 2 is 1.86 bits per heavy atom. The molecule has 2 saturated heterocycles. The molecule has 0 saturated carbocycles. The number of carbonyl (C=O) groups excluding carboxylic acids is 2. The van der Waals surface area contributed by atoms with Crippen molar-refractivity contribution < 1.29 is 27.5 Å². The first-order valence-corrected chi connectivity index (χ1v) is 11.1. The molecular weight excluding hydrogens is 471 g/mol. The predicted molar refractivity (Wildman–Crippen MR) is 119 cm³/mol. The number of carbonyl (C=O) groups is 2. The van der Waals surface area contributed by atoms with Crippen LogP contribution in [0, 0.1) is 11.8 Å². The first-order chi connectivity index (χ1) is 16.6. The van der Waals surface area contributed by atoms with Crippen LogP contribution in [-0.2, 0) is 27.9 Å². The highest BCUT2D eigenvalue weighted by Crippen LogP contribution is 2.28. The van der Waals surface area contributed by atoms with Crippen LogP contribution in [0.5, 0.6) is 0 Å². The number of esters is 2. The molecule has 11 nitrogen and oxygen atoms in total. The third kappa shape index (κ3) is 4.68. The summed E-state index contributed by atoms with van der Waals surface area (Å²) >= 11 is 0. The average molecular weight is 495 g/mol. The molecule has 4 heterocycles. The Kier molecular flexibility index (Phi) is 6.70. The van der Waals surface area contributed by atoms with E-state index in [1.807, 2.05) is 4.90 Å². The van der Waals surface area contributed by atoms with Crippen LogP contribution in [0.4, 0.5) is 25.1 Å². The minimum atomic E-state index is -5.29. The SMILES string of the molecule is CC#CCn1c(N2CCNCC2)nc2nc(N3CCC[C@H]3C(=O)OC(=O)C(F)(F)F)n(C)c(=O)c21. The number of hydrogen-bond acceptors (Lipinski definition) is 9. The fourth-order valence-corrected chi connectivity index (χ4v) is 4.28. The van der Waals surface area contributed by atoms with Crippen molar-refractivity contribution in [2.24, 2.45) is 7.05 Å². The van der Waals surface area contributed by atoms with Crippen molar-refractivity contribution in [3.8, 4) is 11.8 Å². The Bertz CT molecular complexity index is 1270. The van der Waals surface area contributed by atoms with Crippen molar-refractivity contribution in [2.75, 3.05) is 42.5 Å². The summed E-state index contributed by atoms with van der Waals surface area (Å²) in [5.74, 6) is 2.43. The Morgan fingerprint density at radius 3 is 2.51 bits per heavy atom. The van der Waals surface area contributed by atoms with E-state index >= 15 is 0 Å². The molecule has 2 aromatic rings. The number of alkyl halides is 3. The third-order valence-electron chi connectivity index (χ3n) is 5.96. The number of hydrogen-bond donors (Lipinski definition) is 1. The van der Waals surface area contributed by atoms with Gasteiger partial charge in [0.05, 0.1) is 6.54 Å². The van der Waals surface area contributed by atoms with Crippen molar-refractivity contribution in [1.82, 2.24) is 24.4 Å². The molecule has 2 fully saturated rings. The molecule has 0 bridgehead atoms. The van der Waals surface area contributed by atoms with Gasteiger partial charge in [0.1, 0.15) is 6.04 Å². The van der Waals surface area contributed by atoms with Gasteiger partial charge in [-0.15, -0.1) is 5.92 Å². The van der Waals surface area contributed by atoms with E-state index in [-0.39, 0.29) is 36.6 Å². The second kappa shape index (κ2) is 9.57. The minimum Gasteiger partial charge on any atom is -0.385 e. The van der Waals surface area contributed by atoms with Crippen LogP contribution in [0.1, 0.15) is 19.8 Å². The van der Waals surface area contributed by atoms with Gasteiger partial charge in [-0.1, -0.05) is 5.92 Å². The number of nitrogens with one attached hydrogen (secondary N) is 1. The molecular formula is C21H24F3N7O4. The Hall–Kier alpha value is -3.60. The predicted octanol–water partition coefficient (Wildman–Crippen LogP) is 0.164. The summed E-state index contributed by atoms with van der Waals surface area (Å²) in [7, 11) is 1.46. The summed E-state index contributed by atoms with van der Waals surface area (Å²) in [4.78, 5) is 49.5. The molecule has 14 heteroatoms.